The molecule has 4 saturated carbocycles. The van der Waals surface area contributed by atoms with Crippen molar-refractivity contribution >= 4 is 38.9 Å². The van der Waals surface area contributed by atoms with Crippen molar-refractivity contribution in [2.75, 3.05) is 36.4 Å². The molecule has 0 spiro atoms. The largest absolute Gasteiger partial charge is 0.376 e. The minimum Gasteiger partial charge on any atom is -0.376 e. The van der Waals surface area contributed by atoms with Crippen LogP contribution in [-0.2, 0) is 0 Å². The summed E-state index contributed by atoms with van der Waals surface area (Å²) in [6.45, 7) is 4.86. The van der Waals surface area contributed by atoms with Crippen molar-refractivity contribution in [3.05, 3.63) is 62.6 Å². The van der Waals surface area contributed by atoms with Crippen molar-refractivity contribution in [1.29, 1.82) is 0 Å². The van der Waals surface area contributed by atoms with Crippen molar-refractivity contribution in [3.8, 4) is 0 Å². The molecule has 0 aromatic heterocycles. The van der Waals surface area contributed by atoms with Gasteiger partial charge in [-0.05, 0) is 109 Å². The Morgan fingerprint density at radius 2 is 1.65 bits per heavy atom. The molecule has 2 aromatic carbocycles. The van der Waals surface area contributed by atoms with Gasteiger partial charge < -0.3 is 15.1 Å². The molecular formula is C29H35BrN4O3. The molecule has 0 radical (unpaired) electrons. The molecule has 4 bridgehead atoms. The maximum Gasteiger partial charge on any atom is 0.292 e. The molecule has 4 aliphatic carbocycles. The van der Waals surface area contributed by atoms with Gasteiger partial charge in [-0.1, -0.05) is 12.1 Å². The lowest BCUT2D eigenvalue weighted by molar-refractivity contribution is -0.384. The first kappa shape index (κ1) is 24.7. The van der Waals surface area contributed by atoms with E-state index in [-0.39, 0.29) is 28.0 Å². The summed E-state index contributed by atoms with van der Waals surface area (Å²) in [5, 5.41) is 15.6. The van der Waals surface area contributed by atoms with E-state index >= 15 is 0 Å². The molecule has 1 atom stereocenters. The van der Waals surface area contributed by atoms with E-state index in [1.54, 1.807) is 6.07 Å². The highest BCUT2D eigenvalue weighted by Crippen LogP contribution is 2.61. The lowest BCUT2D eigenvalue weighted by Gasteiger charge is -2.59. The molecule has 1 N–H and O–H groups in total. The van der Waals surface area contributed by atoms with Gasteiger partial charge in [0.2, 0.25) is 0 Å². The van der Waals surface area contributed by atoms with Gasteiger partial charge in [-0.2, -0.15) is 0 Å². The van der Waals surface area contributed by atoms with E-state index < -0.39 is 0 Å². The number of halogens is 1. The van der Waals surface area contributed by atoms with E-state index in [0.717, 1.165) is 27.9 Å². The second-order valence-electron chi connectivity index (χ2n) is 11.9. The zero-order valence-corrected chi connectivity index (χ0v) is 23.0. The lowest BCUT2D eigenvalue weighted by atomic mass is 9.48. The number of hydrogen-bond acceptors (Lipinski definition) is 5. The molecule has 8 heteroatoms. The molecule has 7 rings (SSSR count). The molecule has 2 aromatic rings. The van der Waals surface area contributed by atoms with Gasteiger partial charge in [-0.15, -0.1) is 0 Å². The molecule has 1 amide bonds. The Morgan fingerprint density at radius 1 is 1.03 bits per heavy atom. The van der Waals surface area contributed by atoms with E-state index in [9.17, 15) is 14.9 Å². The summed E-state index contributed by atoms with van der Waals surface area (Å²) in [6, 6.07) is 13.2. The van der Waals surface area contributed by atoms with E-state index in [2.05, 4.69) is 33.1 Å². The zero-order chi connectivity index (χ0) is 25.7. The van der Waals surface area contributed by atoms with Crippen molar-refractivity contribution < 1.29 is 9.72 Å². The topological polar surface area (TPSA) is 78.7 Å². The first-order chi connectivity index (χ1) is 17.8. The van der Waals surface area contributed by atoms with Gasteiger partial charge in [0, 0.05) is 48.4 Å². The molecule has 1 heterocycles. The van der Waals surface area contributed by atoms with Crippen LogP contribution in [0.3, 0.4) is 0 Å². The highest BCUT2D eigenvalue weighted by molar-refractivity contribution is 9.10. The normalized spacial score (nSPS) is 29.3. The Bertz CT molecular complexity index is 1170. The van der Waals surface area contributed by atoms with Crippen LogP contribution < -0.4 is 10.2 Å². The van der Waals surface area contributed by atoms with E-state index in [1.165, 1.54) is 38.5 Å². The van der Waals surface area contributed by atoms with E-state index in [0.29, 0.717) is 37.4 Å². The molecule has 1 saturated heterocycles. The molecule has 196 valence electrons. The van der Waals surface area contributed by atoms with Crippen LogP contribution in [0.1, 0.15) is 55.8 Å². The summed E-state index contributed by atoms with van der Waals surface area (Å²) < 4.78 is 0.807. The monoisotopic (exact) mass is 566 g/mol. The summed E-state index contributed by atoms with van der Waals surface area (Å²) in [7, 11) is 0. The summed E-state index contributed by atoms with van der Waals surface area (Å²) in [5.74, 6) is 2.55. The van der Waals surface area contributed by atoms with Crippen molar-refractivity contribution in [3.63, 3.8) is 0 Å². The Labute approximate surface area is 226 Å². The van der Waals surface area contributed by atoms with Crippen LogP contribution in [0, 0.1) is 33.3 Å². The minimum atomic E-state index is -0.271. The van der Waals surface area contributed by atoms with Crippen LogP contribution in [0.4, 0.5) is 17.1 Å². The average Bonchev–Trinajstić information content (AvgIpc) is 2.88. The molecular weight excluding hydrogens is 532 g/mol. The number of nitrogens with one attached hydrogen (secondary N) is 1. The maximum atomic E-state index is 13.0. The van der Waals surface area contributed by atoms with Crippen molar-refractivity contribution in [2.24, 2.45) is 23.2 Å². The standard InChI is InChI=1S/C29H35BrN4O3/c1-19(29-16-20-12-21(17-29)14-22(13-20)18-29)31-26-15-23(6-7-27(26)34(36)37)32-8-10-33(11-9-32)28(35)24-4-2-3-5-25(24)30/h2-7,15,19-22,31H,8-14,16-18H2,1H3/t19-,20?,21?,22?,29?/m1/s1. The third-order valence-electron chi connectivity index (χ3n) is 9.59. The van der Waals surface area contributed by atoms with Crippen LogP contribution in [0.2, 0.25) is 0 Å². The number of benzene rings is 2. The second-order valence-corrected chi connectivity index (χ2v) is 12.7. The van der Waals surface area contributed by atoms with Gasteiger partial charge in [0.1, 0.15) is 5.69 Å². The predicted molar refractivity (Wildman–Crippen MR) is 149 cm³/mol. The van der Waals surface area contributed by atoms with Crippen LogP contribution in [0.15, 0.2) is 46.9 Å². The predicted octanol–water partition coefficient (Wildman–Crippen LogP) is 6.34. The quantitative estimate of drug-likeness (QED) is 0.326. The fraction of sp³-hybridized carbons (Fsp3) is 0.552. The number of rotatable bonds is 6. The molecule has 0 unspecified atom stereocenters. The maximum absolute atomic E-state index is 13.0. The third kappa shape index (κ3) is 4.62. The Balaban J connectivity index is 1.17. The summed E-state index contributed by atoms with van der Waals surface area (Å²) >= 11 is 3.49. The number of carbonyl (C=O) groups excluding carboxylic acids is 1. The molecule has 5 fully saturated rings. The first-order valence-electron chi connectivity index (χ1n) is 13.6. The van der Waals surface area contributed by atoms with Crippen molar-refractivity contribution in [2.45, 2.75) is 51.5 Å². The Morgan fingerprint density at radius 3 is 2.24 bits per heavy atom. The number of hydrogen-bond donors (Lipinski definition) is 1. The zero-order valence-electron chi connectivity index (χ0n) is 21.4. The molecule has 37 heavy (non-hydrogen) atoms. The first-order valence-corrected chi connectivity index (χ1v) is 14.4. The van der Waals surface area contributed by atoms with E-state index in [1.807, 2.05) is 41.3 Å². The molecule has 7 nitrogen and oxygen atoms in total. The van der Waals surface area contributed by atoms with E-state index in [4.69, 9.17) is 0 Å². The van der Waals surface area contributed by atoms with Crippen LogP contribution >= 0.6 is 15.9 Å². The Kier molecular flexibility index (Phi) is 6.42. The smallest absolute Gasteiger partial charge is 0.292 e. The lowest BCUT2D eigenvalue weighted by Crippen LogP contribution is -2.53. The van der Waals surface area contributed by atoms with Gasteiger partial charge in [-0.3, -0.25) is 14.9 Å². The minimum absolute atomic E-state index is 0.0302. The number of carbonyl (C=O) groups is 1. The number of nitro benzene ring substituents is 1. The van der Waals surface area contributed by atoms with Crippen LogP contribution in [0.25, 0.3) is 0 Å². The number of anilines is 2. The number of amides is 1. The molecule has 1 aliphatic heterocycles. The second kappa shape index (κ2) is 9.61. The van der Waals surface area contributed by atoms with Gasteiger partial charge in [0.25, 0.3) is 11.6 Å². The van der Waals surface area contributed by atoms with Gasteiger partial charge in [0.05, 0.1) is 10.5 Å². The summed E-state index contributed by atoms with van der Waals surface area (Å²) in [4.78, 5) is 28.8. The number of piperazine rings is 1. The third-order valence-corrected chi connectivity index (χ3v) is 10.3. The fourth-order valence-electron chi connectivity index (χ4n) is 8.06. The van der Waals surface area contributed by atoms with Gasteiger partial charge in [-0.25, -0.2) is 0 Å². The average molecular weight is 568 g/mol. The number of nitrogens with zero attached hydrogens (tertiary/aromatic N) is 3. The SMILES string of the molecule is C[C@@H](Nc1cc(N2CCN(C(=O)c3ccccc3Br)CC2)ccc1[N+](=O)[O-])C12CC3CC(CC(C3)C1)C2. The Hall–Kier alpha value is -2.61. The fourth-order valence-corrected chi connectivity index (χ4v) is 8.52. The highest BCUT2D eigenvalue weighted by atomic mass is 79.9. The number of nitro groups is 1. The summed E-state index contributed by atoms with van der Waals surface area (Å²) in [5.41, 5.74) is 2.67. The van der Waals surface area contributed by atoms with Crippen molar-refractivity contribution in [1.82, 2.24) is 4.90 Å². The molecule has 5 aliphatic rings. The van der Waals surface area contributed by atoms with Crippen LogP contribution in [0.5, 0.6) is 0 Å². The van der Waals surface area contributed by atoms with Crippen LogP contribution in [-0.4, -0.2) is 48.0 Å². The van der Waals surface area contributed by atoms with Gasteiger partial charge >= 0.3 is 0 Å². The van der Waals surface area contributed by atoms with Gasteiger partial charge in [0.15, 0.2) is 0 Å². The highest BCUT2D eigenvalue weighted by Gasteiger charge is 2.53. The summed E-state index contributed by atoms with van der Waals surface area (Å²) in [6.07, 6.45) is 7.93.